The lowest BCUT2D eigenvalue weighted by atomic mass is 10.1. The van der Waals surface area contributed by atoms with Gasteiger partial charge in [-0.15, -0.1) is 0 Å². The number of nitriles is 1. The molecule has 0 aliphatic rings. The lowest BCUT2D eigenvalue weighted by Crippen LogP contribution is -1.95. The summed E-state index contributed by atoms with van der Waals surface area (Å²) in [4.78, 5) is 8.81. The van der Waals surface area contributed by atoms with E-state index in [0.717, 1.165) is 16.8 Å². The summed E-state index contributed by atoms with van der Waals surface area (Å²) in [7, 11) is 0. The lowest BCUT2D eigenvalue weighted by molar-refractivity contribution is 0.425. The van der Waals surface area contributed by atoms with Gasteiger partial charge in [-0.2, -0.15) is 10.2 Å². The standard InChI is InChI=1S/C17H13ClN4OS/c1-10-7-11(2)20-17(14(10)8-19)24-9-15-21-16(23-22-15)12-3-5-13(18)6-4-12/h3-7H,9H2,1-2H3. The van der Waals surface area contributed by atoms with Crippen molar-refractivity contribution < 1.29 is 4.52 Å². The number of rotatable bonds is 4. The SMILES string of the molecule is Cc1cc(C)c(C#N)c(SCc2noc(-c3ccc(Cl)cc3)n2)n1. The molecule has 2 aromatic heterocycles. The van der Waals surface area contributed by atoms with Crippen molar-refractivity contribution in [3.8, 4) is 17.5 Å². The van der Waals surface area contributed by atoms with E-state index in [9.17, 15) is 5.26 Å². The molecule has 0 fully saturated rings. The van der Waals surface area contributed by atoms with Crippen molar-refractivity contribution in [2.75, 3.05) is 0 Å². The summed E-state index contributed by atoms with van der Waals surface area (Å²) in [5, 5.41) is 14.6. The fourth-order valence-corrected chi connectivity index (χ4v) is 3.27. The highest BCUT2D eigenvalue weighted by Crippen LogP contribution is 2.27. The molecule has 120 valence electrons. The normalized spacial score (nSPS) is 10.6. The number of hydrogen-bond donors (Lipinski definition) is 0. The number of thioether (sulfide) groups is 1. The first-order valence-corrected chi connectivity index (χ1v) is 8.53. The van der Waals surface area contributed by atoms with Crippen molar-refractivity contribution in [3.05, 3.63) is 58.0 Å². The lowest BCUT2D eigenvalue weighted by Gasteiger charge is -2.05. The van der Waals surface area contributed by atoms with Gasteiger partial charge in [0.25, 0.3) is 5.89 Å². The summed E-state index contributed by atoms with van der Waals surface area (Å²) in [6, 6.07) is 11.3. The maximum atomic E-state index is 9.30. The Balaban J connectivity index is 1.77. The molecule has 0 atom stereocenters. The van der Waals surface area contributed by atoms with Crippen LogP contribution in [0.1, 0.15) is 22.6 Å². The minimum Gasteiger partial charge on any atom is -0.334 e. The molecule has 3 rings (SSSR count). The zero-order valence-corrected chi connectivity index (χ0v) is 14.6. The van der Waals surface area contributed by atoms with E-state index in [0.29, 0.717) is 33.1 Å². The molecular weight excluding hydrogens is 344 g/mol. The Bertz CT molecular complexity index is 915. The number of nitrogens with zero attached hydrogens (tertiary/aromatic N) is 4. The van der Waals surface area contributed by atoms with E-state index < -0.39 is 0 Å². The molecule has 5 nitrogen and oxygen atoms in total. The molecule has 0 spiro atoms. The second-order valence-corrected chi connectivity index (χ2v) is 6.58. The van der Waals surface area contributed by atoms with Gasteiger partial charge < -0.3 is 4.52 Å². The second-order valence-electron chi connectivity index (χ2n) is 5.18. The molecule has 2 heterocycles. The Hall–Kier alpha value is -2.36. The topological polar surface area (TPSA) is 75.6 Å². The van der Waals surface area contributed by atoms with Crippen LogP contribution >= 0.6 is 23.4 Å². The third-order valence-corrected chi connectivity index (χ3v) is 4.54. The van der Waals surface area contributed by atoms with Crippen LogP contribution in [0.25, 0.3) is 11.5 Å². The molecule has 7 heteroatoms. The zero-order chi connectivity index (χ0) is 17.1. The first kappa shape index (κ1) is 16.5. The van der Waals surface area contributed by atoms with E-state index in [2.05, 4.69) is 21.2 Å². The molecule has 0 bridgehead atoms. The van der Waals surface area contributed by atoms with Gasteiger partial charge in [0, 0.05) is 16.3 Å². The van der Waals surface area contributed by atoms with Crippen molar-refractivity contribution >= 4 is 23.4 Å². The average Bonchev–Trinajstić information content (AvgIpc) is 3.02. The summed E-state index contributed by atoms with van der Waals surface area (Å²) < 4.78 is 5.28. The monoisotopic (exact) mass is 356 g/mol. The Morgan fingerprint density at radius 2 is 1.96 bits per heavy atom. The van der Waals surface area contributed by atoms with Gasteiger partial charge >= 0.3 is 0 Å². The summed E-state index contributed by atoms with van der Waals surface area (Å²) in [5.41, 5.74) is 3.20. The van der Waals surface area contributed by atoms with Crippen molar-refractivity contribution in [1.82, 2.24) is 15.1 Å². The van der Waals surface area contributed by atoms with Crippen LogP contribution in [0.5, 0.6) is 0 Å². The second kappa shape index (κ2) is 7.04. The van der Waals surface area contributed by atoms with Gasteiger partial charge in [-0.1, -0.05) is 28.5 Å². The molecule has 0 N–H and O–H groups in total. The third kappa shape index (κ3) is 3.58. The minimum absolute atomic E-state index is 0.441. The fourth-order valence-electron chi connectivity index (χ4n) is 2.20. The molecule has 3 aromatic rings. The maximum absolute atomic E-state index is 9.30. The van der Waals surface area contributed by atoms with E-state index in [1.54, 1.807) is 12.1 Å². The van der Waals surface area contributed by atoms with E-state index in [-0.39, 0.29) is 0 Å². The van der Waals surface area contributed by atoms with Crippen LogP contribution in [0, 0.1) is 25.2 Å². The number of aromatic nitrogens is 3. The predicted octanol–water partition coefficient (Wildman–Crippen LogP) is 4.57. The quantitative estimate of drug-likeness (QED) is 0.637. The van der Waals surface area contributed by atoms with Crippen molar-refractivity contribution in [2.45, 2.75) is 24.6 Å². The highest BCUT2D eigenvalue weighted by Gasteiger charge is 2.13. The molecule has 0 radical (unpaired) electrons. The number of benzene rings is 1. The van der Waals surface area contributed by atoms with Crippen LogP contribution in [-0.2, 0) is 5.75 Å². The summed E-state index contributed by atoms with van der Waals surface area (Å²) in [6.07, 6.45) is 0. The molecule has 24 heavy (non-hydrogen) atoms. The van der Waals surface area contributed by atoms with Crippen LogP contribution in [-0.4, -0.2) is 15.1 Å². The van der Waals surface area contributed by atoms with E-state index >= 15 is 0 Å². The van der Waals surface area contributed by atoms with Gasteiger partial charge in [0.1, 0.15) is 11.1 Å². The highest BCUT2D eigenvalue weighted by atomic mass is 35.5. The predicted molar refractivity (Wildman–Crippen MR) is 92.7 cm³/mol. The van der Waals surface area contributed by atoms with Crippen LogP contribution < -0.4 is 0 Å². The Kier molecular flexibility index (Phi) is 4.84. The van der Waals surface area contributed by atoms with Crippen molar-refractivity contribution in [3.63, 3.8) is 0 Å². The summed E-state index contributed by atoms with van der Waals surface area (Å²) >= 11 is 7.30. The zero-order valence-electron chi connectivity index (χ0n) is 13.1. The molecule has 0 saturated heterocycles. The summed E-state index contributed by atoms with van der Waals surface area (Å²) in [6.45, 7) is 3.81. The van der Waals surface area contributed by atoms with Crippen molar-refractivity contribution in [1.29, 1.82) is 5.26 Å². The van der Waals surface area contributed by atoms with Crippen molar-refractivity contribution in [2.24, 2.45) is 0 Å². The summed E-state index contributed by atoms with van der Waals surface area (Å²) in [5.74, 6) is 1.47. The molecule has 1 aromatic carbocycles. The largest absolute Gasteiger partial charge is 0.334 e. The van der Waals surface area contributed by atoms with Gasteiger partial charge in [0.2, 0.25) is 0 Å². The van der Waals surface area contributed by atoms with Gasteiger partial charge in [0.15, 0.2) is 5.82 Å². The van der Waals surface area contributed by atoms with Crippen LogP contribution in [0.4, 0.5) is 0 Å². The van der Waals surface area contributed by atoms with E-state index in [1.807, 2.05) is 32.0 Å². The molecule has 0 amide bonds. The number of aryl methyl sites for hydroxylation is 2. The first-order chi connectivity index (χ1) is 11.6. The smallest absolute Gasteiger partial charge is 0.257 e. The van der Waals surface area contributed by atoms with Gasteiger partial charge in [-0.25, -0.2) is 4.98 Å². The van der Waals surface area contributed by atoms with Crippen LogP contribution in [0.15, 0.2) is 39.9 Å². The molecule has 0 unspecified atom stereocenters. The Morgan fingerprint density at radius 1 is 1.21 bits per heavy atom. The number of halogens is 1. The third-order valence-electron chi connectivity index (χ3n) is 3.32. The fraction of sp³-hybridized carbons (Fsp3) is 0.176. The highest BCUT2D eigenvalue weighted by molar-refractivity contribution is 7.98. The minimum atomic E-state index is 0.441. The molecular formula is C17H13ClN4OS. The number of hydrogen-bond acceptors (Lipinski definition) is 6. The van der Waals surface area contributed by atoms with Gasteiger partial charge in [0.05, 0.1) is 11.3 Å². The maximum Gasteiger partial charge on any atom is 0.257 e. The number of pyridine rings is 1. The van der Waals surface area contributed by atoms with Gasteiger partial charge in [-0.3, -0.25) is 0 Å². The Morgan fingerprint density at radius 3 is 2.67 bits per heavy atom. The molecule has 0 aliphatic carbocycles. The van der Waals surface area contributed by atoms with E-state index in [1.165, 1.54) is 11.8 Å². The van der Waals surface area contributed by atoms with E-state index in [4.69, 9.17) is 16.1 Å². The van der Waals surface area contributed by atoms with Gasteiger partial charge in [-0.05, 0) is 49.7 Å². The Labute approximate surface area is 148 Å². The molecule has 0 saturated carbocycles. The van der Waals surface area contributed by atoms with Crippen LogP contribution in [0.2, 0.25) is 5.02 Å². The average molecular weight is 357 g/mol. The van der Waals surface area contributed by atoms with Crippen LogP contribution in [0.3, 0.4) is 0 Å². The molecule has 0 aliphatic heterocycles. The first-order valence-electron chi connectivity index (χ1n) is 7.16.